The summed E-state index contributed by atoms with van der Waals surface area (Å²) in [6.07, 6.45) is 4.36. The standard InChI is InChI=1S/C19H31NO2/c1-4-19(17-11-6-5-7-12-17)22-14-18(21)13-20-15(2)9-8-10-16(20)3/h5-7,11-12,15-16,18-19,21H,4,8-10,13-14H2,1-3H3/t15-,16+,18-,19-/m0/s1. The zero-order valence-electron chi connectivity index (χ0n) is 14.2. The third-order valence-corrected chi connectivity index (χ3v) is 4.83. The number of nitrogens with zero attached hydrogens (tertiary/aromatic N) is 1. The summed E-state index contributed by atoms with van der Waals surface area (Å²) >= 11 is 0. The van der Waals surface area contributed by atoms with Crippen molar-refractivity contribution < 1.29 is 9.84 Å². The normalized spacial score (nSPS) is 25.8. The van der Waals surface area contributed by atoms with Gasteiger partial charge < -0.3 is 9.84 Å². The van der Waals surface area contributed by atoms with Gasteiger partial charge in [-0.2, -0.15) is 0 Å². The van der Waals surface area contributed by atoms with Crippen LogP contribution in [0.1, 0.15) is 58.1 Å². The molecule has 2 rings (SSSR count). The highest BCUT2D eigenvalue weighted by Crippen LogP contribution is 2.24. The number of rotatable bonds is 7. The average molecular weight is 305 g/mol. The molecular formula is C19H31NO2. The van der Waals surface area contributed by atoms with Crippen LogP contribution >= 0.6 is 0 Å². The van der Waals surface area contributed by atoms with Gasteiger partial charge >= 0.3 is 0 Å². The second-order valence-electron chi connectivity index (χ2n) is 6.62. The third-order valence-electron chi connectivity index (χ3n) is 4.83. The maximum atomic E-state index is 10.4. The van der Waals surface area contributed by atoms with E-state index in [2.05, 4.69) is 37.8 Å². The van der Waals surface area contributed by atoms with Crippen LogP contribution in [0.3, 0.4) is 0 Å². The first-order valence-corrected chi connectivity index (χ1v) is 8.72. The molecule has 0 aromatic heterocycles. The minimum absolute atomic E-state index is 0.0760. The fourth-order valence-electron chi connectivity index (χ4n) is 3.48. The molecule has 1 saturated heterocycles. The number of likely N-dealkylation sites (tertiary alicyclic amines) is 1. The highest BCUT2D eigenvalue weighted by atomic mass is 16.5. The molecule has 1 heterocycles. The van der Waals surface area contributed by atoms with Crippen LogP contribution in [-0.4, -0.2) is 41.3 Å². The molecule has 0 saturated carbocycles. The molecule has 124 valence electrons. The van der Waals surface area contributed by atoms with Crippen LogP contribution in [0, 0.1) is 0 Å². The summed E-state index contributed by atoms with van der Waals surface area (Å²) < 4.78 is 5.97. The van der Waals surface area contributed by atoms with Crippen molar-refractivity contribution in [3.63, 3.8) is 0 Å². The summed E-state index contributed by atoms with van der Waals surface area (Å²) in [5.74, 6) is 0. The zero-order valence-corrected chi connectivity index (χ0v) is 14.2. The molecule has 0 amide bonds. The van der Waals surface area contributed by atoms with Gasteiger partial charge in [-0.15, -0.1) is 0 Å². The van der Waals surface area contributed by atoms with Gasteiger partial charge in [-0.1, -0.05) is 43.7 Å². The van der Waals surface area contributed by atoms with Gasteiger partial charge in [-0.3, -0.25) is 4.90 Å². The first-order valence-electron chi connectivity index (χ1n) is 8.72. The summed E-state index contributed by atoms with van der Waals surface area (Å²) in [7, 11) is 0. The lowest BCUT2D eigenvalue weighted by molar-refractivity contribution is -0.0377. The van der Waals surface area contributed by atoms with Crippen molar-refractivity contribution in [2.45, 2.75) is 70.7 Å². The topological polar surface area (TPSA) is 32.7 Å². The van der Waals surface area contributed by atoms with Crippen molar-refractivity contribution in [2.24, 2.45) is 0 Å². The summed E-state index contributed by atoms with van der Waals surface area (Å²) in [4.78, 5) is 2.43. The van der Waals surface area contributed by atoms with Crippen molar-refractivity contribution in [1.82, 2.24) is 4.90 Å². The van der Waals surface area contributed by atoms with Crippen molar-refractivity contribution in [1.29, 1.82) is 0 Å². The number of hydrogen-bond acceptors (Lipinski definition) is 3. The molecule has 1 fully saturated rings. The molecule has 3 heteroatoms. The zero-order chi connectivity index (χ0) is 15.9. The Morgan fingerprint density at radius 3 is 2.41 bits per heavy atom. The second-order valence-corrected chi connectivity index (χ2v) is 6.62. The van der Waals surface area contributed by atoms with Gasteiger partial charge in [0.1, 0.15) is 0 Å². The van der Waals surface area contributed by atoms with Crippen molar-refractivity contribution >= 4 is 0 Å². The van der Waals surface area contributed by atoms with E-state index >= 15 is 0 Å². The van der Waals surface area contributed by atoms with E-state index in [0.717, 1.165) is 6.42 Å². The molecule has 0 bridgehead atoms. The molecule has 3 nitrogen and oxygen atoms in total. The van der Waals surface area contributed by atoms with E-state index < -0.39 is 6.10 Å². The quantitative estimate of drug-likeness (QED) is 0.832. The minimum Gasteiger partial charge on any atom is -0.389 e. The summed E-state index contributed by atoms with van der Waals surface area (Å²) in [5.41, 5.74) is 1.19. The van der Waals surface area contributed by atoms with Gasteiger partial charge in [0.25, 0.3) is 0 Å². The van der Waals surface area contributed by atoms with Crippen LogP contribution in [-0.2, 0) is 4.74 Å². The van der Waals surface area contributed by atoms with E-state index in [9.17, 15) is 5.11 Å². The maximum Gasteiger partial charge on any atom is 0.0900 e. The highest BCUT2D eigenvalue weighted by Gasteiger charge is 2.26. The Balaban J connectivity index is 1.82. The Bertz CT molecular complexity index is 413. The van der Waals surface area contributed by atoms with Crippen LogP contribution in [0.4, 0.5) is 0 Å². The predicted octanol–water partition coefficient (Wildman–Crippen LogP) is 3.78. The van der Waals surface area contributed by atoms with Gasteiger partial charge in [0.05, 0.1) is 18.8 Å². The third kappa shape index (κ3) is 4.80. The Labute approximate surface area is 135 Å². The van der Waals surface area contributed by atoms with Crippen molar-refractivity contribution in [3.05, 3.63) is 35.9 Å². The highest BCUT2D eigenvalue weighted by molar-refractivity contribution is 5.17. The number of piperidine rings is 1. The molecule has 0 radical (unpaired) electrons. The molecular weight excluding hydrogens is 274 g/mol. The van der Waals surface area contributed by atoms with Crippen LogP contribution in [0.15, 0.2) is 30.3 Å². The summed E-state index contributed by atoms with van der Waals surface area (Å²) in [6.45, 7) is 7.78. The van der Waals surface area contributed by atoms with Crippen LogP contribution in [0.2, 0.25) is 0 Å². The van der Waals surface area contributed by atoms with Crippen LogP contribution in [0.25, 0.3) is 0 Å². The van der Waals surface area contributed by atoms with E-state index in [1.807, 2.05) is 18.2 Å². The maximum absolute atomic E-state index is 10.4. The van der Waals surface area contributed by atoms with Gasteiger partial charge in [-0.05, 0) is 38.7 Å². The number of hydrogen-bond donors (Lipinski definition) is 1. The van der Waals surface area contributed by atoms with Crippen molar-refractivity contribution in [2.75, 3.05) is 13.2 Å². The van der Waals surface area contributed by atoms with E-state index in [0.29, 0.717) is 25.2 Å². The van der Waals surface area contributed by atoms with E-state index in [1.54, 1.807) is 0 Å². The molecule has 22 heavy (non-hydrogen) atoms. The molecule has 0 unspecified atom stereocenters. The molecule has 4 atom stereocenters. The smallest absolute Gasteiger partial charge is 0.0900 e. The van der Waals surface area contributed by atoms with Gasteiger partial charge in [0, 0.05) is 18.6 Å². The first kappa shape index (κ1) is 17.5. The fraction of sp³-hybridized carbons (Fsp3) is 0.684. The van der Waals surface area contributed by atoms with Gasteiger partial charge in [0.2, 0.25) is 0 Å². The molecule has 0 spiro atoms. The number of aliphatic hydroxyl groups is 1. The fourth-order valence-corrected chi connectivity index (χ4v) is 3.48. The SMILES string of the molecule is CC[C@H](OC[C@@H](O)CN1[C@H](C)CCC[C@@H]1C)c1ccccc1. The second kappa shape index (κ2) is 8.66. The Morgan fingerprint density at radius 2 is 1.82 bits per heavy atom. The monoisotopic (exact) mass is 305 g/mol. The molecule has 1 aromatic carbocycles. The summed E-state index contributed by atoms with van der Waals surface area (Å²) in [6, 6.07) is 11.4. The Kier molecular flexibility index (Phi) is 6.87. The first-order chi connectivity index (χ1) is 10.6. The molecule has 1 aromatic rings. The number of β-amino-alcohol motifs (C(OH)–C–C–N with tert-alkyl or cyclic N) is 1. The van der Waals surface area contributed by atoms with E-state index in [-0.39, 0.29) is 6.10 Å². The van der Waals surface area contributed by atoms with Crippen molar-refractivity contribution in [3.8, 4) is 0 Å². The average Bonchev–Trinajstić information content (AvgIpc) is 2.53. The molecule has 0 aliphatic carbocycles. The van der Waals surface area contributed by atoms with E-state index in [1.165, 1.54) is 24.8 Å². The predicted molar refractivity (Wildman–Crippen MR) is 90.9 cm³/mol. The Morgan fingerprint density at radius 1 is 1.18 bits per heavy atom. The molecule has 1 aliphatic heterocycles. The minimum atomic E-state index is -0.416. The number of aliphatic hydroxyl groups excluding tert-OH is 1. The number of ether oxygens (including phenoxy) is 1. The molecule has 1 N–H and O–H groups in total. The summed E-state index contributed by atoms with van der Waals surface area (Å²) in [5, 5.41) is 10.4. The Hall–Kier alpha value is -0.900. The van der Waals surface area contributed by atoms with Gasteiger partial charge in [-0.25, -0.2) is 0 Å². The largest absolute Gasteiger partial charge is 0.389 e. The lowest BCUT2D eigenvalue weighted by atomic mass is 9.97. The molecule has 1 aliphatic rings. The van der Waals surface area contributed by atoms with E-state index in [4.69, 9.17) is 4.74 Å². The lowest BCUT2D eigenvalue weighted by Gasteiger charge is -2.40. The van der Waals surface area contributed by atoms with Crippen LogP contribution in [0.5, 0.6) is 0 Å². The van der Waals surface area contributed by atoms with Crippen LogP contribution < -0.4 is 0 Å². The van der Waals surface area contributed by atoms with Gasteiger partial charge in [0.15, 0.2) is 0 Å². The lowest BCUT2D eigenvalue weighted by Crippen LogP contribution is -2.48. The number of benzene rings is 1.